The van der Waals surface area contributed by atoms with Gasteiger partial charge in [-0.3, -0.25) is 0 Å². The number of hydrogen-bond donors (Lipinski definition) is 1. The fraction of sp³-hybridized carbons (Fsp3) is 0.267. The van der Waals surface area contributed by atoms with Crippen LogP contribution in [0.1, 0.15) is 34.8 Å². The van der Waals surface area contributed by atoms with Crippen molar-refractivity contribution in [2.24, 2.45) is 0 Å². The SMILES string of the molecule is CCNC(c1ccc(Cl)cc1)c1ccc(C(=O)OC)o1. The molecule has 1 aromatic carbocycles. The minimum atomic E-state index is -0.484. The third-order valence-corrected chi connectivity index (χ3v) is 3.16. The molecule has 0 fully saturated rings. The third kappa shape index (κ3) is 3.21. The first kappa shape index (κ1) is 14.6. The molecule has 2 aromatic rings. The molecule has 5 heteroatoms. The van der Waals surface area contributed by atoms with Gasteiger partial charge in [0.25, 0.3) is 0 Å². The van der Waals surface area contributed by atoms with Crippen LogP contribution >= 0.6 is 11.6 Å². The maximum absolute atomic E-state index is 11.4. The molecule has 2 rings (SSSR count). The number of carbonyl (C=O) groups is 1. The van der Waals surface area contributed by atoms with Gasteiger partial charge < -0.3 is 14.5 Å². The Kier molecular flexibility index (Phi) is 4.82. The molecule has 1 aromatic heterocycles. The lowest BCUT2D eigenvalue weighted by Gasteiger charge is -2.16. The monoisotopic (exact) mass is 293 g/mol. The van der Waals surface area contributed by atoms with Gasteiger partial charge in [0, 0.05) is 5.02 Å². The Hall–Kier alpha value is -1.78. The van der Waals surface area contributed by atoms with Crippen molar-refractivity contribution in [3.63, 3.8) is 0 Å². The molecule has 1 unspecified atom stereocenters. The summed E-state index contributed by atoms with van der Waals surface area (Å²) < 4.78 is 10.2. The molecule has 0 amide bonds. The van der Waals surface area contributed by atoms with Gasteiger partial charge in [-0.1, -0.05) is 30.7 Å². The highest BCUT2D eigenvalue weighted by Crippen LogP contribution is 2.25. The van der Waals surface area contributed by atoms with Gasteiger partial charge in [-0.2, -0.15) is 0 Å². The number of halogens is 1. The summed E-state index contributed by atoms with van der Waals surface area (Å²) in [6.45, 7) is 2.77. The molecule has 1 N–H and O–H groups in total. The van der Waals surface area contributed by atoms with Crippen LogP contribution in [0.4, 0.5) is 0 Å². The standard InChI is InChI=1S/C15H16ClNO3/c1-3-17-14(10-4-6-11(16)7-5-10)12-8-9-13(20-12)15(18)19-2/h4-9,14,17H,3H2,1-2H3. The quantitative estimate of drug-likeness (QED) is 0.858. The molecule has 106 valence electrons. The second-order valence-electron chi connectivity index (χ2n) is 4.24. The topological polar surface area (TPSA) is 51.5 Å². The summed E-state index contributed by atoms with van der Waals surface area (Å²) in [5, 5.41) is 4.00. The molecule has 0 bridgehead atoms. The van der Waals surface area contributed by atoms with Crippen molar-refractivity contribution >= 4 is 17.6 Å². The lowest BCUT2D eigenvalue weighted by atomic mass is 10.0. The van der Waals surface area contributed by atoms with Crippen molar-refractivity contribution in [3.05, 3.63) is 58.5 Å². The average molecular weight is 294 g/mol. The Morgan fingerprint density at radius 2 is 2.00 bits per heavy atom. The van der Waals surface area contributed by atoms with Crippen LogP contribution in [0.25, 0.3) is 0 Å². The Morgan fingerprint density at radius 1 is 1.30 bits per heavy atom. The first-order valence-electron chi connectivity index (χ1n) is 6.32. The number of ether oxygens (including phenoxy) is 1. The summed E-state index contributed by atoms with van der Waals surface area (Å²) in [4.78, 5) is 11.4. The van der Waals surface area contributed by atoms with E-state index in [1.807, 2.05) is 31.2 Å². The van der Waals surface area contributed by atoms with E-state index in [1.54, 1.807) is 12.1 Å². The molecular weight excluding hydrogens is 278 g/mol. The van der Waals surface area contributed by atoms with E-state index in [-0.39, 0.29) is 11.8 Å². The Morgan fingerprint density at radius 3 is 2.60 bits per heavy atom. The third-order valence-electron chi connectivity index (χ3n) is 2.91. The molecule has 0 saturated carbocycles. The van der Waals surface area contributed by atoms with Gasteiger partial charge in [-0.25, -0.2) is 4.79 Å². The maximum atomic E-state index is 11.4. The van der Waals surface area contributed by atoms with Crippen LogP contribution in [0, 0.1) is 0 Å². The van der Waals surface area contributed by atoms with E-state index in [0.29, 0.717) is 10.8 Å². The van der Waals surface area contributed by atoms with Crippen LogP contribution in [0.5, 0.6) is 0 Å². The van der Waals surface area contributed by atoms with Gasteiger partial charge in [-0.15, -0.1) is 0 Å². The van der Waals surface area contributed by atoms with Crippen LogP contribution in [-0.4, -0.2) is 19.6 Å². The van der Waals surface area contributed by atoms with Crippen LogP contribution in [0.15, 0.2) is 40.8 Å². The Bertz CT molecular complexity index is 577. The Balaban J connectivity index is 2.30. The van der Waals surface area contributed by atoms with E-state index in [1.165, 1.54) is 7.11 Å². The van der Waals surface area contributed by atoms with Crippen molar-refractivity contribution < 1.29 is 13.9 Å². The highest BCUT2D eigenvalue weighted by molar-refractivity contribution is 6.30. The first-order chi connectivity index (χ1) is 9.65. The van der Waals surface area contributed by atoms with E-state index in [0.717, 1.165) is 12.1 Å². The van der Waals surface area contributed by atoms with Crippen molar-refractivity contribution in [3.8, 4) is 0 Å². The van der Waals surface area contributed by atoms with Gasteiger partial charge in [0.15, 0.2) is 0 Å². The number of methoxy groups -OCH3 is 1. The summed E-state index contributed by atoms with van der Waals surface area (Å²) in [7, 11) is 1.32. The number of rotatable bonds is 5. The van der Waals surface area contributed by atoms with Crippen LogP contribution in [0.2, 0.25) is 5.02 Å². The minimum absolute atomic E-state index is 0.129. The van der Waals surface area contributed by atoms with E-state index < -0.39 is 5.97 Å². The van der Waals surface area contributed by atoms with Gasteiger partial charge in [0.05, 0.1) is 13.2 Å². The number of esters is 1. The molecule has 1 heterocycles. The maximum Gasteiger partial charge on any atom is 0.373 e. The zero-order valence-electron chi connectivity index (χ0n) is 11.4. The molecule has 0 aliphatic rings. The summed E-state index contributed by atoms with van der Waals surface area (Å²) in [5.74, 6) is 0.372. The molecule has 20 heavy (non-hydrogen) atoms. The van der Waals surface area contributed by atoms with Gasteiger partial charge >= 0.3 is 5.97 Å². The predicted molar refractivity (Wildman–Crippen MR) is 77.0 cm³/mol. The smallest absolute Gasteiger partial charge is 0.373 e. The molecule has 0 aliphatic heterocycles. The van der Waals surface area contributed by atoms with Crippen molar-refractivity contribution in [1.82, 2.24) is 5.32 Å². The molecule has 4 nitrogen and oxygen atoms in total. The lowest BCUT2D eigenvalue weighted by molar-refractivity contribution is 0.0562. The molecule has 0 spiro atoms. The van der Waals surface area contributed by atoms with E-state index >= 15 is 0 Å². The predicted octanol–water partition coefficient (Wildman–Crippen LogP) is 3.42. The molecule has 0 aliphatic carbocycles. The minimum Gasteiger partial charge on any atom is -0.463 e. The number of furan rings is 1. The fourth-order valence-electron chi connectivity index (χ4n) is 1.96. The number of nitrogens with one attached hydrogen (secondary N) is 1. The van der Waals surface area contributed by atoms with E-state index in [2.05, 4.69) is 10.1 Å². The molecule has 0 radical (unpaired) electrons. The van der Waals surface area contributed by atoms with Crippen LogP contribution < -0.4 is 5.32 Å². The number of benzene rings is 1. The van der Waals surface area contributed by atoms with E-state index in [4.69, 9.17) is 16.0 Å². The van der Waals surface area contributed by atoms with Gasteiger partial charge in [-0.05, 0) is 36.4 Å². The number of hydrogen-bond acceptors (Lipinski definition) is 4. The second kappa shape index (κ2) is 6.59. The van der Waals surface area contributed by atoms with Gasteiger partial charge in [0.1, 0.15) is 5.76 Å². The molecular formula is C15H16ClNO3. The average Bonchev–Trinajstić information content (AvgIpc) is 2.94. The summed E-state index contributed by atoms with van der Waals surface area (Å²) in [6.07, 6.45) is 0. The van der Waals surface area contributed by atoms with E-state index in [9.17, 15) is 4.79 Å². The largest absolute Gasteiger partial charge is 0.463 e. The van der Waals surface area contributed by atoms with Crippen molar-refractivity contribution in [1.29, 1.82) is 0 Å². The summed E-state index contributed by atoms with van der Waals surface area (Å²) >= 11 is 5.90. The highest BCUT2D eigenvalue weighted by atomic mass is 35.5. The van der Waals surface area contributed by atoms with Gasteiger partial charge in [0.2, 0.25) is 5.76 Å². The number of carbonyl (C=O) groups excluding carboxylic acids is 1. The van der Waals surface area contributed by atoms with Crippen LogP contribution in [0.3, 0.4) is 0 Å². The van der Waals surface area contributed by atoms with Crippen molar-refractivity contribution in [2.75, 3.05) is 13.7 Å². The van der Waals surface area contributed by atoms with Crippen LogP contribution in [-0.2, 0) is 4.74 Å². The summed E-state index contributed by atoms with van der Waals surface area (Å²) in [6, 6.07) is 10.8. The Labute approximate surface area is 122 Å². The first-order valence-corrected chi connectivity index (χ1v) is 6.70. The zero-order chi connectivity index (χ0) is 14.5. The molecule has 1 atom stereocenters. The summed E-state index contributed by atoms with van der Waals surface area (Å²) in [5.41, 5.74) is 1.02. The fourth-order valence-corrected chi connectivity index (χ4v) is 2.09. The van der Waals surface area contributed by atoms with Crippen molar-refractivity contribution in [2.45, 2.75) is 13.0 Å². The molecule has 0 saturated heterocycles. The highest BCUT2D eigenvalue weighted by Gasteiger charge is 2.19. The normalized spacial score (nSPS) is 12.2. The zero-order valence-corrected chi connectivity index (χ0v) is 12.1. The lowest BCUT2D eigenvalue weighted by Crippen LogP contribution is -2.21. The second-order valence-corrected chi connectivity index (χ2v) is 4.67.